The van der Waals surface area contributed by atoms with Gasteiger partial charge in [0, 0.05) is 19.4 Å². The Hall–Kier alpha value is -1.77. The number of esters is 2. The van der Waals surface area contributed by atoms with Gasteiger partial charge < -0.3 is 20.1 Å². The Bertz CT molecular complexity index is 1030. The van der Waals surface area contributed by atoms with Crippen LogP contribution in [0, 0.1) is 0 Å². The zero-order valence-electron chi connectivity index (χ0n) is 36.8. The summed E-state index contributed by atoms with van der Waals surface area (Å²) >= 11 is 0. The lowest BCUT2D eigenvalue weighted by Gasteiger charge is -2.19. The summed E-state index contributed by atoms with van der Waals surface area (Å²) in [4.78, 5) is 35.0. The second-order valence-corrected chi connectivity index (χ2v) is 17.1. The molecule has 57 heavy (non-hydrogen) atoms. The van der Waals surface area contributed by atoms with Gasteiger partial charge in [0.15, 0.2) is 6.10 Å². The van der Waals surface area contributed by atoms with E-state index in [4.69, 9.17) is 24.3 Å². The summed E-state index contributed by atoms with van der Waals surface area (Å²) in [7, 11) is -4.38. The van der Waals surface area contributed by atoms with Crippen LogP contribution in [0.2, 0.25) is 0 Å². The van der Waals surface area contributed by atoms with Gasteiger partial charge in [-0.15, -0.1) is 0 Å². The minimum absolute atomic E-state index is 0.0521. The highest BCUT2D eigenvalue weighted by atomic mass is 31.2. The Balaban J connectivity index is 4.11. The summed E-state index contributed by atoms with van der Waals surface area (Å²) in [5, 5.41) is 0. The number of carbonyl (C=O) groups excluding carboxylic acids is 2. The molecular weight excluding hydrogens is 737 g/mol. The Labute approximate surface area is 350 Å². The fraction of sp³-hybridized carbons (Fsp3) is 0.830. The normalized spacial score (nSPS) is 13.5. The van der Waals surface area contributed by atoms with Crippen LogP contribution in [0.25, 0.3) is 0 Å². The second-order valence-electron chi connectivity index (χ2n) is 15.6. The minimum atomic E-state index is -4.38. The molecule has 0 aliphatic heterocycles. The summed E-state index contributed by atoms with van der Waals surface area (Å²) in [5.41, 5.74) is 5.36. The highest BCUT2D eigenvalue weighted by molar-refractivity contribution is 7.47. The van der Waals surface area contributed by atoms with Gasteiger partial charge >= 0.3 is 19.8 Å². The van der Waals surface area contributed by atoms with E-state index < -0.39 is 26.5 Å². The molecule has 0 radical (unpaired) electrons. The van der Waals surface area contributed by atoms with Gasteiger partial charge in [0.1, 0.15) is 6.61 Å². The number of hydrogen-bond donors (Lipinski definition) is 2. The van der Waals surface area contributed by atoms with E-state index in [0.29, 0.717) is 6.42 Å². The molecule has 2 atom stereocenters. The number of hydrogen-bond acceptors (Lipinski definition) is 8. The van der Waals surface area contributed by atoms with E-state index in [-0.39, 0.29) is 38.6 Å². The van der Waals surface area contributed by atoms with Gasteiger partial charge in [-0.1, -0.05) is 172 Å². The molecular formula is C47H88NO8P. The largest absolute Gasteiger partial charge is 0.472 e. The fourth-order valence-electron chi connectivity index (χ4n) is 6.48. The van der Waals surface area contributed by atoms with Gasteiger partial charge in [-0.3, -0.25) is 18.6 Å². The van der Waals surface area contributed by atoms with Gasteiger partial charge in [-0.05, 0) is 70.6 Å². The number of unbranched alkanes of at least 4 members (excludes halogenated alkanes) is 25. The molecule has 0 saturated carbocycles. The Kier molecular flexibility index (Phi) is 42.4. The molecule has 10 heteroatoms. The zero-order chi connectivity index (χ0) is 41.8. The fourth-order valence-corrected chi connectivity index (χ4v) is 7.25. The minimum Gasteiger partial charge on any atom is -0.462 e. The molecule has 0 bridgehead atoms. The van der Waals surface area contributed by atoms with Crippen molar-refractivity contribution in [2.75, 3.05) is 26.4 Å². The third kappa shape index (κ3) is 43.6. The van der Waals surface area contributed by atoms with Gasteiger partial charge in [0.25, 0.3) is 0 Å². The monoisotopic (exact) mass is 826 g/mol. The third-order valence-electron chi connectivity index (χ3n) is 10.00. The van der Waals surface area contributed by atoms with E-state index >= 15 is 0 Å². The van der Waals surface area contributed by atoms with Crippen LogP contribution in [-0.2, 0) is 32.7 Å². The third-order valence-corrected chi connectivity index (χ3v) is 11.0. The average molecular weight is 826 g/mol. The number of rotatable bonds is 44. The molecule has 334 valence electrons. The average Bonchev–Trinajstić information content (AvgIpc) is 3.20. The second kappa shape index (κ2) is 43.8. The Morgan fingerprint density at radius 3 is 1.39 bits per heavy atom. The van der Waals surface area contributed by atoms with Gasteiger partial charge in [-0.25, -0.2) is 4.57 Å². The maximum absolute atomic E-state index is 12.6. The number of nitrogens with two attached hydrogens (primary N) is 1. The first-order valence-electron chi connectivity index (χ1n) is 23.5. The molecule has 0 rings (SSSR count). The topological polar surface area (TPSA) is 134 Å². The maximum atomic E-state index is 12.6. The van der Waals surface area contributed by atoms with Crippen LogP contribution >= 0.6 is 7.82 Å². The maximum Gasteiger partial charge on any atom is 0.472 e. The molecule has 3 N–H and O–H groups in total. The predicted octanol–water partition coefficient (Wildman–Crippen LogP) is 13.7. The van der Waals surface area contributed by atoms with Crippen molar-refractivity contribution in [1.29, 1.82) is 0 Å². The van der Waals surface area contributed by atoms with Crippen molar-refractivity contribution in [1.82, 2.24) is 0 Å². The molecule has 0 amide bonds. The van der Waals surface area contributed by atoms with Crippen molar-refractivity contribution in [2.45, 2.75) is 225 Å². The van der Waals surface area contributed by atoms with Crippen molar-refractivity contribution in [3.8, 4) is 0 Å². The molecule has 0 spiro atoms. The lowest BCUT2D eigenvalue weighted by Crippen LogP contribution is -2.29. The van der Waals surface area contributed by atoms with E-state index in [1.54, 1.807) is 0 Å². The van der Waals surface area contributed by atoms with Crippen molar-refractivity contribution in [3.63, 3.8) is 0 Å². The molecule has 0 saturated heterocycles. The Morgan fingerprint density at radius 1 is 0.526 bits per heavy atom. The lowest BCUT2D eigenvalue weighted by atomic mass is 10.1. The molecule has 0 aromatic rings. The zero-order valence-corrected chi connectivity index (χ0v) is 37.7. The van der Waals surface area contributed by atoms with E-state index in [1.165, 1.54) is 122 Å². The highest BCUT2D eigenvalue weighted by Gasteiger charge is 2.26. The van der Waals surface area contributed by atoms with E-state index in [1.807, 2.05) is 0 Å². The van der Waals surface area contributed by atoms with Crippen molar-refractivity contribution in [2.24, 2.45) is 5.73 Å². The van der Waals surface area contributed by atoms with Crippen molar-refractivity contribution in [3.05, 3.63) is 36.5 Å². The first-order valence-corrected chi connectivity index (χ1v) is 25.0. The first-order chi connectivity index (χ1) is 27.8. The van der Waals surface area contributed by atoms with Crippen LogP contribution in [0.3, 0.4) is 0 Å². The number of ether oxygens (including phenoxy) is 2. The summed E-state index contributed by atoms with van der Waals surface area (Å²) in [6, 6.07) is 0. The van der Waals surface area contributed by atoms with Crippen molar-refractivity contribution >= 4 is 19.8 Å². The molecule has 0 heterocycles. The van der Waals surface area contributed by atoms with Crippen LogP contribution in [0.5, 0.6) is 0 Å². The van der Waals surface area contributed by atoms with Crippen LogP contribution in [0.4, 0.5) is 0 Å². The predicted molar refractivity (Wildman–Crippen MR) is 238 cm³/mol. The van der Waals surface area contributed by atoms with Crippen LogP contribution in [0.1, 0.15) is 219 Å². The first kappa shape index (κ1) is 55.2. The van der Waals surface area contributed by atoms with E-state index in [2.05, 4.69) is 50.3 Å². The SMILES string of the molecule is CCCCCC=CCC=CCCCCCCCCCCCC(=O)OC(COC(=O)CCCCCCCCCC=CCCCCCCCC)COP(=O)(O)OCCN. The number of phosphoric ester groups is 1. The molecule has 0 aromatic carbocycles. The van der Waals surface area contributed by atoms with Crippen molar-refractivity contribution < 1.29 is 37.6 Å². The number of phosphoric acid groups is 1. The lowest BCUT2D eigenvalue weighted by molar-refractivity contribution is -0.161. The van der Waals surface area contributed by atoms with E-state index in [0.717, 1.165) is 64.2 Å². The summed E-state index contributed by atoms with van der Waals surface area (Å²) < 4.78 is 32.8. The molecule has 0 fully saturated rings. The van der Waals surface area contributed by atoms with Crippen LogP contribution in [0.15, 0.2) is 36.5 Å². The van der Waals surface area contributed by atoms with Gasteiger partial charge in [-0.2, -0.15) is 0 Å². The molecule has 0 aliphatic rings. The van der Waals surface area contributed by atoms with E-state index in [9.17, 15) is 19.0 Å². The summed E-state index contributed by atoms with van der Waals surface area (Å²) in [6.45, 7) is 3.71. The van der Waals surface area contributed by atoms with Gasteiger partial charge in [0.2, 0.25) is 0 Å². The van der Waals surface area contributed by atoms with Crippen LogP contribution < -0.4 is 5.73 Å². The summed E-state index contributed by atoms with van der Waals surface area (Å²) in [6.07, 6.45) is 48.8. The number of carbonyl (C=O) groups is 2. The van der Waals surface area contributed by atoms with Gasteiger partial charge in [0.05, 0.1) is 13.2 Å². The standard InChI is InChI=1S/C47H88NO8P/c1-3-5-7-9-11-13-15-17-19-21-22-24-26-28-30-32-34-36-38-40-47(50)56-45(44-55-57(51,52)54-42-41-48)43-53-46(49)39-37-35-33-31-29-27-25-23-20-18-16-14-12-10-8-6-4-2/h11,13,17-20,45H,3-10,12,14-16,21-44,48H2,1-2H3,(H,51,52). The molecule has 9 nitrogen and oxygen atoms in total. The quantitative estimate of drug-likeness (QED) is 0.0266. The highest BCUT2D eigenvalue weighted by Crippen LogP contribution is 2.43. The summed E-state index contributed by atoms with van der Waals surface area (Å²) in [5.74, 6) is -0.833. The smallest absolute Gasteiger partial charge is 0.462 e. The molecule has 0 aromatic heterocycles. The van der Waals surface area contributed by atoms with Crippen LogP contribution in [-0.4, -0.2) is 49.3 Å². The molecule has 2 unspecified atom stereocenters. The molecule has 0 aliphatic carbocycles. The number of allylic oxidation sites excluding steroid dienone is 6. The Morgan fingerprint density at radius 2 is 0.912 bits per heavy atom.